The first kappa shape index (κ1) is 20.7. The van der Waals surface area contributed by atoms with E-state index in [1.807, 2.05) is 12.1 Å². The van der Waals surface area contributed by atoms with Crippen molar-refractivity contribution in [2.75, 3.05) is 6.54 Å². The summed E-state index contributed by atoms with van der Waals surface area (Å²) >= 11 is 6.07. The van der Waals surface area contributed by atoms with Gasteiger partial charge in [-0.2, -0.15) is 5.10 Å². The Morgan fingerprint density at radius 2 is 2.00 bits per heavy atom. The molecule has 3 fully saturated rings. The first-order valence-electron chi connectivity index (χ1n) is 11.2. The zero-order chi connectivity index (χ0) is 20.8. The summed E-state index contributed by atoms with van der Waals surface area (Å²) in [5.74, 6) is 2.14. The van der Waals surface area contributed by atoms with Crippen LogP contribution in [0.2, 0.25) is 5.02 Å². The predicted octanol–water partition coefficient (Wildman–Crippen LogP) is 6.07. The molecule has 158 valence electrons. The lowest BCUT2D eigenvalue weighted by molar-refractivity contribution is -0.113. The van der Waals surface area contributed by atoms with E-state index in [-0.39, 0.29) is 18.0 Å². The average Bonchev–Trinajstić information content (AvgIpc) is 3.12. The zero-order valence-corrected chi connectivity index (χ0v) is 18.9. The highest BCUT2D eigenvalue weighted by atomic mass is 35.5. The number of hydrazone groups is 1. The van der Waals surface area contributed by atoms with E-state index in [9.17, 15) is 4.79 Å². The number of halogens is 1. The SMILES string of the molecule is CCCCC1=NN(C(=O)N[C@@H]2CC3CC([C@H]2C)C3(C)C)CC1c1ccc(Cl)cc1. The normalized spacial score (nSPS) is 32.5. The van der Waals surface area contributed by atoms with Gasteiger partial charge < -0.3 is 5.32 Å². The Balaban J connectivity index is 1.44. The standard InChI is InChI=1S/C24H34ClN3O/c1-5-6-7-21-19(16-8-10-18(25)11-9-16)14-28(27-21)23(29)26-22-13-17-12-20(15(22)2)24(17,3)4/h8-11,15,17,19-20,22H,5-7,12-14H2,1-4H3,(H,26,29)/t15-,17?,19?,20?,22-/m1/s1. The molecular formula is C24H34ClN3O. The summed E-state index contributed by atoms with van der Waals surface area (Å²) in [5.41, 5.74) is 2.73. The predicted molar refractivity (Wildman–Crippen MR) is 119 cm³/mol. The number of carbonyl (C=O) groups is 1. The van der Waals surface area contributed by atoms with Crippen LogP contribution < -0.4 is 5.32 Å². The van der Waals surface area contributed by atoms with Gasteiger partial charge in [-0.25, -0.2) is 9.80 Å². The Hall–Kier alpha value is -1.55. The Morgan fingerprint density at radius 1 is 1.28 bits per heavy atom. The number of nitrogens with zero attached hydrogens (tertiary/aromatic N) is 2. The van der Waals surface area contributed by atoms with Gasteiger partial charge in [0.15, 0.2) is 0 Å². The van der Waals surface area contributed by atoms with E-state index in [2.05, 4.69) is 45.1 Å². The molecule has 5 rings (SSSR count). The summed E-state index contributed by atoms with van der Waals surface area (Å²) in [6, 6.07) is 8.21. The smallest absolute Gasteiger partial charge is 0.333 e. The molecule has 0 spiro atoms. The molecule has 29 heavy (non-hydrogen) atoms. The summed E-state index contributed by atoms with van der Waals surface area (Å²) in [6.45, 7) is 9.90. The summed E-state index contributed by atoms with van der Waals surface area (Å²) in [7, 11) is 0. The van der Waals surface area contributed by atoms with Gasteiger partial charge in [-0.3, -0.25) is 0 Å². The Kier molecular flexibility index (Phi) is 5.67. The first-order chi connectivity index (χ1) is 13.8. The molecule has 3 saturated carbocycles. The second-order valence-electron chi connectivity index (χ2n) is 9.89. The Morgan fingerprint density at radius 3 is 2.62 bits per heavy atom. The van der Waals surface area contributed by atoms with Crippen LogP contribution in [0.4, 0.5) is 4.79 Å². The van der Waals surface area contributed by atoms with Crippen LogP contribution in [0.5, 0.6) is 0 Å². The summed E-state index contributed by atoms with van der Waals surface area (Å²) < 4.78 is 0. The van der Waals surface area contributed by atoms with Crippen LogP contribution in [0.1, 0.15) is 71.3 Å². The summed E-state index contributed by atoms with van der Waals surface area (Å²) in [4.78, 5) is 13.1. The summed E-state index contributed by atoms with van der Waals surface area (Å²) in [6.07, 6.45) is 5.57. The second kappa shape index (κ2) is 7.94. The van der Waals surface area contributed by atoms with Gasteiger partial charge in [-0.15, -0.1) is 0 Å². The number of benzene rings is 1. The van der Waals surface area contributed by atoms with E-state index < -0.39 is 0 Å². The molecule has 4 nitrogen and oxygen atoms in total. The topological polar surface area (TPSA) is 44.7 Å². The largest absolute Gasteiger partial charge is 0.338 e. The van der Waals surface area contributed by atoms with Crippen LogP contribution in [-0.2, 0) is 0 Å². The van der Waals surface area contributed by atoms with E-state index in [0.717, 1.165) is 48.3 Å². The van der Waals surface area contributed by atoms with Gasteiger partial charge in [-0.1, -0.05) is 57.8 Å². The third-order valence-corrected chi connectivity index (χ3v) is 8.22. The highest BCUT2D eigenvalue weighted by Crippen LogP contribution is 2.61. The number of carbonyl (C=O) groups excluding carboxylic acids is 1. The van der Waals surface area contributed by atoms with Crippen molar-refractivity contribution in [1.82, 2.24) is 10.3 Å². The van der Waals surface area contributed by atoms with Crippen molar-refractivity contribution < 1.29 is 4.79 Å². The molecule has 0 aromatic heterocycles. The molecule has 1 aromatic rings. The number of amides is 2. The Bertz CT molecular complexity index is 788. The highest BCUT2D eigenvalue weighted by Gasteiger charge is 2.56. The third kappa shape index (κ3) is 3.81. The maximum Gasteiger partial charge on any atom is 0.338 e. The summed E-state index contributed by atoms with van der Waals surface area (Å²) in [5, 5.41) is 10.5. The van der Waals surface area contributed by atoms with Crippen LogP contribution >= 0.6 is 11.6 Å². The van der Waals surface area contributed by atoms with Crippen molar-refractivity contribution in [2.24, 2.45) is 28.3 Å². The van der Waals surface area contributed by atoms with Gasteiger partial charge in [0, 0.05) is 22.7 Å². The third-order valence-electron chi connectivity index (χ3n) is 7.96. The second-order valence-corrected chi connectivity index (χ2v) is 10.3. The number of fused-ring (bicyclic) bond motifs is 2. The van der Waals surface area contributed by atoms with E-state index in [4.69, 9.17) is 16.7 Å². The van der Waals surface area contributed by atoms with Crippen molar-refractivity contribution in [1.29, 1.82) is 0 Å². The van der Waals surface area contributed by atoms with Crippen LogP contribution in [0.15, 0.2) is 29.4 Å². The number of nitrogens with one attached hydrogen (secondary N) is 1. The fraction of sp³-hybridized carbons (Fsp3) is 0.667. The van der Waals surface area contributed by atoms with E-state index >= 15 is 0 Å². The van der Waals surface area contributed by atoms with Crippen LogP contribution in [0.3, 0.4) is 0 Å². The number of urea groups is 1. The van der Waals surface area contributed by atoms with Gasteiger partial charge in [0.2, 0.25) is 0 Å². The van der Waals surface area contributed by atoms with Gasteiger partial charge in [0.05, 0.1) is 6.54 Å². The first-order valence-corrected chi connectivity index (χ1v) is 11.6. The van der Waals surface area contributed by atoms with Crippen molar-refractivity contribution in [3.8, 4) is 0 Å². The van der Waals surface area contributed by atoms with Crippen molar-refractivity contribution in [3.63, 3.8) is 0 Å². The zero-order valence-electron chi connectivity index (χ0n) is 18.1. The molecule has 0 radical (unpaired) electrons. The molecule has 0 saturated heterocycles. The lowest BCUT2D eigenvalue weighted by Crippen LogP contribution is -2.61. The van der Waals surface area contributed by atoms with Crippen LogP contribution in [0.25, 0.3) is 0 Å². The monoisotopic (exact) mass is 415 g/mol. The minimum absolute atomic E-state index is 0.0357. The van der Waals surface area contributed by atoms with Gasteiger partial charge in [0.25, 0.3) is 0 Å². The number of rotatable bonds is 5. The van der Waals surface area contributed by atoms with Gasteiger partial charge >= 0.3 is 6.03 Å². The number of unbranched alkanes of at least 4 members (excludes halogenated alkanes) is 1. The Labute approximate surface area is 180 Å². The molecule has 3 unspecified atom stereocenters. The van der Waals surface area contributed by atoms with Gasteiger partial charge in [0.1, 0.15) is 0 Å². The molecule has 1 N–H and O–H groups in total. The van der Waals surface area contributed by atoms with Gasteiger partial charge in [-0.05, 0) is 66.5 Å². The fourth-order valence-electron chi connectivity index (χ4n) is 5.82. The van der Waals surface area contributed by atoms with Crippen molar-refractivity contribution in [3.05, 3.63) is 34.9 Å². The molecule has 1 aromatic carbocycles. The number of hydrogen-bond donors (Lipinski definition) is 1. The molecule has 2 amide bonds. The molecule has 3 aliphatic carbocycles. The molecule has 5 atom stereocenters. The van der Waals surface area contributed by atoms with E-state index in [1.54, 1.807) is 5.01 Å². The maximum atomic E-state index is 13.1. The van der Waals surface area contributed by atoms with Crippen LogP contribution in [-0.4, -0.2) is 29.3 Å². The fourth-order valence-corrected chi connectivity index (χ4v) is 5.95. The van der Waals surface area contributed by atoms with Crippen molar-refractivity contribution >= 4 is 23.3 Å². The molecule has 1 heterocycles. The molecule has 1 aliphatic heterocycles. The molecular weight excluding hydrogens is 382 g/mol. The minimum atomic E-state index is -0.0357. The highest BCUT2D eigenvalue weighted by molar-refractivity contribution is 6.30. The molecule has 2 bridgehead atoms. The molecule has 5 heteroatoms. The van der Waals surface area contributed by atoms with E-state index in [1.165, 1.54) is 12.0 Å². The minimum Gasteiger partial charge on any atom is -0.333 e. The quantitative estimate of drug-likeness (QED) is 0.623. The van der Waals surface area contributed by atoms with Crippen molar-refractivity contribution in [2.45, 2.75) is 71.8 Å². The average molecular weight is 416 g/mol. The lowest BCUT2D eigenvalue weighted by Gasteiger charge is -2.62. The van der Waals surface area contributed by atoms with E-state index in [0.29, 0.717) is 17.9 Å². The number of hydrogen-bond acceptors (Lipinski definition) is 2. The maximum absolute atomic E-state index is 13.1. The van der Waals surface area contributed by atoms with Crippen LogP contribution in [0, 0.1) is 23.2 Å². The lowest BCUT2D eigenvalue weighted by atomic mass is 9.45. The molecule has 4 aliphatic rings.